The third-order valence-corrected chi connectivity index (χ3v) is 1.75. The van der Waals surface area contributed by atoms with Gasteiger partial charge in [0, 0.05) is 13.7 Å². The Hall–Kier alpha value is -0.860. The lowest BCUT2D eigenvalue weighted by molar-refractivity contribution is -0.175. The second kappa shape index (κ2) is 8.26. The van der Waals surface area contributed by atoms with Crippen molar-refractivity contribution in [1.82, 2.24) is 5.32 Å². The molecule has 0 spiro atoms. The molecule has 0 bridgehead atoms. The fourth-order valence-corrected chi connectivity index (χ4v) is 0.998. The van der Waals surface area contributed by atoms with Crippen molar-refractivity contribution in [3.05, 3.63) is 0 Å². The SMILES string of the molecule is COCCC(CO)NC(=O)COCC(F)(F)F. The predicted octanol–water partition coefficient (Wildman–Crippen LogP) is 0.0789. The zero-order valence-corrected chi connectivity index (χ0v) is 9.42. The monoisotopic (exact) mass is 259 g/mol. The van der Waals surface area contributed by atoms with Crippen molar-refractivity contribution in [3.8, 4) is 0 Å². The molecule has 8 heteroatoms. The van der Waals surface area contributed by atoms with E-state index in [4.69, 9.17) is 9.84 Å². The van der Waals surface area contributed by atoms with Crippen LogP contribution in [0.3, 0.4) is 0 Å². The van der Waals surface area contributed by atoms with Crippen LogP contribution in [0, 0.1) is 0 Å². The van der Waals surface area contributed by atoms with E-state index >= 15 is 0 Å². The highest BCUT2D eigenvalue weighted by molar-refractivity contribution is 5.77. The largest absolute Gasteiger partial charge is 0.411 e. The van der Waals surface area contributed by atoms with Crippen LogP contribution in [0.25, 0.3) is 0 Å². The van der Waals surface area contributed by atoms with Crippen molar-refractivity contribution < 1.29 is 32.5 Å². The quantitative estimate of drug-likeness (QED) is 0.647. The maximum atomic E-state index is 11.7. The van der Waals surface area contributed by atoms with Gasteiger partial charge in [0.25, 0.3) is 0 Å². The predicted molar refractivity (Wildman–Crippen MR) is 52.4 cm³/mol. The number of alkyl halides is 3. The molecule has 0 saturated carbocycles. The van der Waals surface area contributed by atoms with Crippen LogP contribution in [-0.2, 0) is 14.3 Å². The van der Waals surface area contributed by atoms with Crippen LogP contribution in [0.2, 0.25) is 0 Å². The second-order valence-electron chi connectivity index (χ2n) is 3.34. The third kappa shape index (κ3) is 10.0. The van der Waals surface area contributed by atoms with Crippen molar-refractivity contribution in [3.63, 3.8) is 0 Å². The topological polar surface area (TPSA) is 67.8 Å². The Bertz CT molecular complexity index is 223. The number of hydrogen-bond acceptors (Lipinski definition) is 4. The van der Waals surface area contributed by atoms with E-state index in [1.54, 1.807) is 0 Å². The van der Waals surface area contributed by atoms with Gasteiger partial charge in [-0.3, -0.25) is 4.79 Å². The van der Waals surface area contributed by atoms with Gasteiger partial charge in [0.15, 0.2) is 0 Å². The fraction of sp³-hybridized carbons (Fsp3) is 0.889. The van der Waals surface area contributed by atoms with Crippen LogP contribution in [0.1, 0.15) is 6.42 Å². The maximum absolute atomic E-state index is 11.7. The molecule has 5 nitrogen and oxygen atoms in total. The van der Waals surface area contributed by atoms with Crippen LogP contribution >= 0.6 is 0 Å². The van der Waals surface area contributed by atoms with Crippen molar-refractivity contribution in [2.75, 3.05) is 33.5 Å². The molecule has 0 aromatic carbocycles. The van der Waals surface area contributed by atoms with E-state index in [1.165, 1.54) is 7.11 Å². The minimum absolute atomic E-state index is 0.311. The number of methoxy groups -OCH3 is 1. The molecular formula is C9H16F3NO4. The average molecular weight is 259 g/mol. The zero-order valence-electron chi connectivity index (χ0n) is 9.42. The maximum Gasteiger partial charge on any atom is 0.411 e. The summed E-state index contributed by atoms with van der Waals surface area (Å²) in [5.74, 6) is -0.704. The van der Waals surface area contributed by atoms with Crippen molar-refractivity contribution in [1.29, 1.82) is 0 Å². The number of halogens is 3. The van der Waals surface area contributed by atoms with Gasteiger partial charge in [-0.2, -0.15) is 13.2 Å². The molecule has 0 aliphatic carbocycles. The molecular weight excluding hydrogens is 243 g/mol. The highest BCUT2D eigenvalue weighted by Crippen LogP contribution is 2.14. The number of carbonyl (C=O) groups excluding carboxylic acids is 1. The molecule has 0 fully saturated rings. The van der Waals surface area contributed by atoms with Gasteiger partial charge in [-0.25, -0.2) is 0 Å². The van der Waals surface area contributed by atoms with E-state index in [-0.39, 0.29) is 6.61 Å². The Kier molecular flexibility index (Phi) is 7.85. The number of carbonyl (C=O) groups is 1. The highest BCUT2D eigenvalue weighted by Gasteiger charge is 2.27. The fourth-order valence-electron chi connectivity index (χ4n) is 0.998. The normalized spacial score (nSPS) is 13.5. The molecule has 0 aromatic heterocycles. The lowest BCUT2D eigenvalue weighted by Crippen LogP contribution is -2.40. The smallest absolute Gasteiger partial charge is 0.394 e. The van der Waals surface area contributed by atoms with Gasteiger partial charge < -0.3 is 19.9 Å². The molecule has 0 radical (unpaired) electrons. The van der Waals surface area contributed by atoms with Crippen molar-refractivity contribution >= 4 is 5.91 Å². The Balaban J connectivity index is 3.75. The molecule has 2 N–H and O–H groups in total. The van der Waals surface area contributed by atoms with Crippen molar-refractivity contribution in [2.24, 2.45) is 0 Å². The summed E-state index contributed by atoms with van der Waals surface area (Å²) in [4.78, 5) is 11.1. The summed E-state index contributed by atoms with van der Waals surface area (Å²) >= 11 is 0. The second-order valence-corrected chi connectivity index (χ2v) is 3.34. The molecule has 102 valence electrons. The van der Waals surface area contributed by atoms with Crippen LogP contribution < -0.4 is 5.32 Å². The van der Waals surface area contributed by atoms with Gasteiger partial charge in [0.05, 0.1) is 12.6 Å². The Morgan fingerprint density at radius 3 is 2.59 bits per heavy atom. The van der Waals surface area contributed by atoms with Gasteiger partial charge in [0.1, 0.15) is 13.2 Å². The van der Waals surface area contributed by atoms with E-state index in [2.05, 4.69) is 10.1 Å². The minimum atomic E-state index is -4.45. The Morgan fingerprint density at radius 2 is 2.12 bits per heavy atom. The van der Waals surface area contributed by atoms with E-state index in [0.29, 0.717) is 13.0 Å². The van der Waals surface area contributed by atoms with Crippen LogP contribution in [0.15, 0.2) is 0 Å². The van der Waals surface area contributed by atoms with E-state index < -0.39 is 31.3 Å². The molecule has 0 heterocycles. The van der Waals surface area contributed by atoms with Crippen LogP contribution in [0.5, 0.6) is 0 Å². The van der Waals surface area contributed by atoms with Crippen molar-refractivity contribution in [2.45, 2.75) is 18.6 Å². The minimum Gasteiger partial charge on any atom is -0.394 e. The summed E-state index contributed by atoms with van der Waals surface area (Å²) in [5, 5.41) is 11.2. The van der Waals surface area contributed by atoms with E-state index in [1.807, 2.05) is 0 Å². The first-order chi connectivity index (χ1) is 7.89. The van der Waals surface area contributed by atoms with E-state index in [0.717, 1.165) is 0 Å². The first-order valence-corrected chi connectivity index (χ1v) is 4.92. The number of aliphatic hydroxyl groups is 1. The number of aliphatic hydroxyl groups excluding tert-OH is 1. The first kappa shape index (κ1) is 16.1. The molecule has 0 aliphatic rings. The number of amides is 1. The molecule has 0 rings (SSSR count). The first-order valence-electron chi connectivity index (χ1n) is 4.92. The number of hydrogen-bond donors (Lipinski definition) is 2. The molecule has 1 atom stereocenters. The number of rotatable bonds is 8. The molecule has 17 heavy (non-hydrogen) atoms. The Labute approximate surface area is 96.9 Å². The molecule has 0 aliphatic heterocycles. The number of ether oxygens (including phenoxy) is 2. The molecule has 1 amide bonds. The summed E-state index contributed by atoms with van der Waals surface area (Å²) in [6.07, 6.45) is -4.08. The summed E-state index contributed by atoms with van der Waals surface area (Å²) in [5.41, 5.74) is 0. The summed E-state index contributed by atoms with van der Waals surface area (Å²) in [6, 6.07) is -0.545. The lowest BCUT2D eigenvalue weighted by atomic mass is 10.2. The Morgan fingerprint density at radius 1 is 1.47 bits per heavy atom. The summed E-state index contributed by atoms with van der Waals surface area (Å²) in [6.45, 7) is -2.14. The third-order valence-electron chi connectivity index (χ3n) is 1.75. The van der Waals surface area contributed by atoms with Gasteiger partial charge >= 0.3 is 6.18 Å². The highest BCUT2D eigenvalue weighted by atomic mass is 19.4. The van der Waals surface area contributed by atoms with Gasteiger partial charge in [-0.1, -0.05) is 0 Å². The number of nitrogens with one attached hydrogen (secondary N) is 1. The standard InChI is InChI=1S/C9H16F3NO4/c1-16-3-2-7(4-14)13-8(15)5-17-6-9(10,11)12/h7,14H,2-6H2,1H3,(H,13,15). The van der Waals surface area contributed by atoms with Crippen LogP contribution in [0.4, 0.5) is 13.2 Å². The van der Waals surface area contributed by atoms with E-state index in [9.17, 15) is 18.0 Å². The zero-order chi connectivity index (χ0) is 13.3. The lowest BCUT2D eigenvalue weighted by Gasteiger charge is -2.16. The molecule has 0 aromatic rings. The molecule has 1 unspecified atom stereocenters. The summed E-state index contributed by atoms with van der Waals surface area (Å²) in [7, 11) is 1.46. The van der Waals surface area contributed by atoms with Crippen LogP contribution in [-0.4, -0.2) is 56.8 Å². The average Bonchev–Trinajstić information content (AvgIpc) is 2.22. The van der Waals surface area contributed by atoms with Gasteiger partial charge in [-0.05, 0) is 6.42 Å². The summed E-state index contributed by atoms with van der Waals surface area (Å²) < 4.78 is 44.0. The van der Waals surface area contributed by atoms with Gasteiger partial charge in [-0.15, -0.1) is 0 Å². The molecule has 0 saturated heterocycles. The van der Waals surface area contributed by atoms with Gasteiger partial charge in [0.2, 0.25) is 5.91 Å².